The van der Waals surface area contributed by atoms with Gasteiger partial charge in [0.1, 0.15) is 0 Å². The molecule has 4 nitrogen and oxygen atoms in total. The molecule has 1 unspecified atom stereocenters. The van der Waals surface area contributed by atoms with Crippen molar-refractivity contribution in [2.45, 2.75) is 25.4 Å². The molecular formula is C14H17NO3. The van der Waals surface area contributed by atoms with Crippen molar-refractivity contribution in [2.24, 2.45) is 0 Å². The lowest BCUT2D eigenvalue weighted by Crippen LogP contribution is -2.39. The maximum absolute atomic E-state index is 11.0. The highest BCUT2D eigenvalue weighted by atomic mass is 16.5. The van der Waals surface area contributed by atoms with Gasteiger partial charge in [-0.2, -0.15) is 0 Å². The number of rotatable bonds is 2. The van der Waals surface area contributed by atoms with E-state index in [0.717, 1.165) is 44.7 Å². The Balaban J connectivity index is 1.81. The highest BCUT2D eigenvalue weighted by molar-refractivity contribution is 5.87. The van der Waals surface area contributed by atoms with Crippen molar-refractivity contribution in [1.29, 1.82) is 0 Å². The third-order valence-corrected chi connectivity index (χ3v) is 3.92. The molecule has 0 aromatic heterocycles. The van der Waals surface area contributed by atoms with Crippen molar-refractivity contribution in [3.63, 3.8) is 0 Å². The lowest BCUT2D eigenvalue weighted by molar-refractivity contribution is 0.0696. The van der Waals surface area contributed by atoms with Gasteiger partial charge in [0.25, 0.3) is 0 Å². The van der Waals surface area contributed by atoms with E-state index in [1.807, 2.05) is 12.1 Å². The number of fused-ring (bicyclic) bond motifs is 1. The van der Waals surface area contributed by atoms with Crippen LogP contribution in [0.15, 0.2) is 18.2 Å². The second-order valence-electron chi connectivity index (χ2n) is 5.03. The second-order valence-corrected chi connectivity index (χ2v) is 5.03. The first-order chi connectivity index (χ1) is 8.74. The van der Waals surface area contributed by atoms with E-state index in [4.69, 9.17) is 9.84 Å². The van der Waals surface area contributed by atoms with E-state index in [2.05, 4.69) is 4.90 Å². The van der Waals surface area contributed by atoms with Crippen molar-refractivity contribution in [2.75, 3.05) is 19.8 Å². The van der Waals surface area contributed by atoms with Gasteiger partial charge in [-0.3, -0.25) is 4.90 Å². The molecule has 0 aliphatic carbocycles. The zero-order valence-corrected chi connectivity index (χ0v) is 10.3. The number of carboxylic acid groups (broad SMARTS) is 1. The van der Waals surface area contributed by atoms with Crippen LogP contribution in [0.4, 0.5) is 0 Å². The molecule has 0 amide bonds. The molecule has 4 heteroatoms. The zero-order chi connectivity index (χ0) is 12.5. The number of benzene rings is 1. The van der Waals surface area contributed by atoms with Crippen LogP contribution in [0.2, 0.25) is 0 Å². The minimum absolute atomic E-state index is 0.387. The Hall–Kier alpha value is -1.39. The molecule has 1 N–H and O–H groups in total. The van der Waals surface area contributed by atoms with E-state index in [9.17, 15) is 4.79 Å². The van der Waals surface area contributed by atoms with Gasteiger partial charge in [-0.15, -0.1) is 0 Å². The minimum atomic E-state index is -0.848. The molecule has 2 heterocycles. The highest BCUT2D eigenvalue weighted by Crippen LogP contribution is 2.24. The smallest absolute Gasteiger partial charge is 0.335 e. The molecule has 0 radical (unpaired) electrons. The Labute approximate surface area is 106 Å². The first kappa shape index (κ1) is 11.7. The SMILES string of the molecule is O=C(O)c1ccc2c(c1)CN(C1CCOC1)CC2. The van der Waals surface area contributed by atoms with Crippen LogP contribution >= 0.6 is 0 Å². The summed E-state index contributed by atoms with van der Waals surface area (Å²) >= 11 is 0. The molecule has 3 rings (SSSR count). The summed E-state index contributed by atoms with van der Waals surface area (Å²) in [5.74, 6) is -0.848. The molecular weight excluding hydrogens is 230 g/mol. The number of ether oxygens (including phenoxy) is 1. The zero-order valence-electron chi connectivity index (χ0n) is 10.3. The Bertz CT molecular complexity index is 466. The fraction of sp³-hybridized carbons (Fsp3) is 0.500. The average Bonchev–Trinajstić information content (AvgIpc) is 2.91. The second kappa shape index (κ2) is 4.71. The normalized spacial score (nSPS) is 23.9. The Kier molecular flexibility index (Phi) is 3.06. The van der Waals surface area contributed by atoms with Crippen LogP contribution in [0, 0.1) is 0 Å². The molecule has 1 aromatic carbocycles. The van der Waals surface area contributed by atoms with E-state index < -0.39 is 5.97 Å². The molecule has 1 atom stereocenters. The van der Waals surface area contributed by atoms with Crippen LogP contribution in [0.3, 0.4) is 0 Å². The summed E-state index contributed by atoms with van der Waals surface area (Å²) in [6.07, 6.45) is 2.10. The number of aromatic carboxylic acids is 1. The van der Waals surface area contributed by atoms with E-state index in [-0.39, 0.29) is 0 Å². The summed E-state index contributed by atoms with van der Waals surface area (Å²) in [6, 6.07) is 5.99. The van der Waals surface area contributed by atoms with E-state index in [1.54, 1.807) is 6.07 Å². The summed E-state index contributed by atoms with van der Waals surface area (Å²) < 4.78 is 5.42. The van der Waals surface area contributed by atoms with Crippen molar-refractivity contribution < 1.29 is 14.6 Å². The molecule has 0 spiro atoms. The molecule has 2 aliphatic rings. The van der Waals surface area contributed by atoms with Crippen LogP contribution in [0.1, 0.15) is 27.9 Å². The predicted molar refractivity (Wildman–Crippen MR) is 66.7 cm³/mol. The van der Waals surface area contributed by atoms with Crippen LogP contribution in [-0.4, -0.2) is 41.8 Å². The molecule has 0 bridgehead atoms. The van der Waals surface area contributed by atoms with Crippen molar-refractivity contribution >= 4 is 5.97 Å². The Morgan fingerprint density at radius 1 is 1.39 bits per heavy atom. The number of hydrogen-bond acceptors (Lipinski definition) is 3. The summed E-state index contributed by atoms with van der Waals surface area (Å²) in [7, 11) is 0. The van der Waals surface area contributed by atoms with Gasteiger partial charge >= 0.3 is 5.97 Å². The summed E-state index contributed by atoms with van der Waals surface area (Å²) in [5, 5.41) is 9.03. The number of nitrogens with zero attached hydrogens (tertiary/aromatic N) is 1. The fourth-order valence-corrected chi connectivity index (χ4v) is 2.83. The quantitative estimate of drug-likeness (QED) is 0.861. The van der Waals surface area contributed by atoms with E-state index in [1.165, 1.54) is 5.56 Å². The van der Waals surface area contributed by atoms with Crippen LogP contribution in [0.25, 0.3) is 0 Å². The maximum Gasteiger partial charge on any atom is 0.335 e. The van der Waals surface area contributed by atoms with E-state index >= 15 is 0 Å². The number of carboxylic acids is 1. The maximum atomic E-state index is 11.0. The molecule has 96 valence electrons. The largest absolute Gasteiger partial charge is 0.478 e. The number of hydrogen-bond donors (Lipinski definition) is 1. The summed E-state index contributed by atoms with van der Waals surface area (Å²) in [6.45, 7) is 3.56. The third kappa shape index (κ3) is 2.13. The standard InChI is InChI=1S/C14H17NO3/c16-14(17)11-2-1-10-3-5-15(8-12(10)7-11)13-4-6-18-9-13/h1-2,7,13H,3-6,8-9H2,(H,16,17). The summed E-state index contributed by atoms with van der Waals surface area (Å²) in [5.41, 5.74) is 2.83. The lowest BCUT2D eigenvalue weighted by atomic mass is 9.96. The topological polar surface area (TPSA) is 49.8 Å². The highest BCUT2D eigenvalue weighted by Gasteiger charge is 2.26. The lowest BCUT2D eigenvalue weighted by Gasteiger charge is -2.32. The molecule has 2 aliphatic heterocycles. The van der Waals surface area contributed by atoms with Crippen molar-refractivity contribution in [3.8, 4) is 0 Å². The van der Waals surface area contributed by atoms with Crippen molar-refractivity contribution in [3.05, 3.63) is 34.9 Å². The predicted octanol–water partition coefficient (Wildman–Crippen LogP) is 1.53. The van der Waals surface area contributed by atoms with Gasteiger partial charge < -0.3 is 9.84 Å². The van der Waals surface area contributed by atoms with Gasteiger partial charge in [0.05, 0.1) is 12.2 Å². The molecule has 0 saturated carbocycles. The summed E-state index contributed by atoms with van der Waals surface area (Å²) in [4.78, 5) is 13.4. The molecule has 1 fully saturated rings. The van der Waals surface area contributed by atoms with Gasteiger partial charge in [0, 0.05) is 25.7 Å². The molecule has 18 heavy (non-hydrogen) atoms. The number of carbonyl (C=O) groups is 1. The van der Waals surface area contributed by atoms with Crippen molar-refractivity contribution in [1.82, 2.24) is 4.90 Å². The molecule has 1 saturated heterocycles. The van der Waals surface area contributed by atoms with Gasteiger partial charge in [-0.1, -0.05) is 6.07 Å². The van der Waals surface area contributed by atoms with Crippen LogP contribution < -0.4 is 0 Å². The van der Waals surface area contributed by atoms with Gasteiger partial charge in [0.2, 0.25) is 0 Å². The Morgan fingerprint density at radius 2 is 2.28 bits per heavy atom. The Morgan fingerprint density at radius 3 is 3.00 bits per heavy atom. The monoisotopic (exact) mass is 247 g/mol. The minimum Gasteiger partial charge on any atom is -0.478 e. The first-order valence-corrected chi connectivity index (χ1v) is 6.41. The van der Waals surface area contributed by atoms with Crippen LogP contribution in [-0.2, 0) is 17.7 Å². The van der Waals surface area contributed by atoms with Gasteiger partial charge in [0.15, 0.2) is 0 Å². The van der Waals surface area contributed by atoms with E-state index in [0.29, 0.717) is 11.6 Å². The fourth-order valence-electron chi connectivity index (χ4n) is 2.83. The van der Waals surface area contributed by atoms with Gasteiger partial charge in [-0.25, -0.2) is 4.79 Å². The third-order valence-electron chi connectivity index (χ3n) is 3.92. The first-order valence-electron chi connectivity index (χ1n) is 6.41. The van der Waals surface area contributed by atoms with Gasteiger partial charge in [-0.05, 0) is 36.1 Å². The molecule has 1 aromatic rings. The van der Waals surface area contributed by atoms with Crippen LogP contribution in [0.5, 0.6) is 0 Å². The average molecular weight is 247 g/mol.